The van der Waals surface area contributed by atoms with E-state index in [0.29, 0.717) is 16.5 Å². The molecule has 2 rings (SSSR count). The zero-order chi connectivity index (χ0) is 16.3. The fourth-order valence-corrected chi connectivity index (χ4v) is 2.51. The number of aromatic hydroxyl groups is 1. The molecule has 2 N–H and O–H groups in total. The van der Waals surface area contributed by atoms with Crippen LogP contribution in [0.4, 0.5) is 0 Å². The van der Waals surface area contributed by atoms with Crippen LogP contribution in [0.15, 0.2) is 28.9 Å². The Balaban J connectivity index is 2.10. The molecule has 0 saturated heterocycles. The molecule has 0 aliphatic carbocycles. The number of phenolic OH excluding ortho intramolecular Hbond substituents is 1. The Morgan fingerprint density at radius 2 is 2.09 bits per heavy atom. The minimum Gasteiger partial charge on any atom is -0.507 e. The number of phenols is 1. The average Bonchev–Trinajstić information content (AvgIpc) is 2.82. The van der Waals surface area contributed by atoms with Crippen molar-refractivity contribution in [3.05, 3.63) is 30.0 Å². The molecule has 1 aromatic carbocycles. The Kier molecular flexibility index (Phi) is 4.76. The van der Waals surface area contributed by atoms with E-state index in [1.54, 1.807) is 18.2 Å². The summed E-state index contributed by atoms with van der Waals surface area (Å²) in [4.78, 5) is 14.6. The largest absolute Gasteiger partial charge is 0.507 e. The maximum absolute atomic E-state index is 12.5. The van der Waals surface area contributed by atoms with Gasteiger partial charge in [-0.25, -0.2) is 0 Å². The SMILES string of the molecule is CN(C)CCCC(C)(C)NC(=O)c1coc2cccc(O)c12. The van der Waals surface area contributed by atoms with Crippen LogP contribution in [0.2, 0.25) is 0 Å². The number of carbonyl (C=O) groups is 1. The van der Waals surface area contributed by atoms with Gasteiger partial charge in [0.15, 0.2) is 0 Å². The molecule has 0 radical (unpaired) electrons. The van der Waals surface area contributed by atoms with Gasteiger partial charge in [-0.2, -0.15) is 0 Å². The van der Waals surface area contributed by atoms with Crippen molar-refractivity contribution in [2.24, 2.45) is 0 Å². The van der Waals surface area contributed by atoms with Crippen LogP contribution < -0.4 is 5.32 Å². The van der Waals surface area contributed by atoms with E-state index in [-0.39, 0.29) is 17.2 Å². The van der Waals surface area contributed by atoms with Gasteiger partial charge in [-0.05, 0) is 59.5 Å². The summed E-state index contributed by atoms with van der Waals surface area (Å²) in [5, 5.41) is 13.4. The summed E-state index contributed by atoms with van der Waals surface area (Å²) < 4.78 is 5.35. The standard InChI is InChI=1S/C17H24N2O3/c1-17(2,9-6-10-19(3)4)18-16(21)12-11-22-14-8-5-7-13(20)15(12)14/h5,7-8,11,20H,6,9-10H2,1-4H3,(H,18,21). The topological polar surface area (TPSA) is 65.7 Å². The van der Waals surface area contributed by atoms with E-state index in [9.17, 15) is 9.90 Å². The highest BCUT2D eigenvalue weighted by Gasteiger charge is 2.24. The van der Waals surface area contributed by atoms with Gasteiger partial charge in [0.2, 0.25) is 0 Å². The first-order valence-electron chi connectivity index (χ1n) is 7.46. The molecule has 0 aliphatic heterocycles. The second kappa shape index (κ2) is 6.40. The molecule has 5 heteroatoms. The quantitative estimate of drug-likeness (QED) is 0.861. The van der Waals surface area contributed by atoms with E-state index in [1.807, 2.05) is 27.9 Å². The highest BCUT2D eigenvalue weighted by molar-refractivity contribution is 6.08. The maximum Gasteiger partial charge on any atom is 0.255 e. The van der Waals surface area contributed by atoms with E-state index in [4.69, 9.17) is 4.42 Å². The van der Waals surface area contributed by atoms with Crippen LogP contribution >= 0.6 is 0 Å². The summed E-state index contributed by atoms with van der Waals surface area (Å²) in [6, 6.07) is 4.97. The predicted octanol–water partition coefficient (Wildman–Crippen LogP) is 2.99. The monoisotopic (exact) mass is 304 g/mol. The van der Waals surface area contributed by atoms with Crippen molar-refractivity contribution in [3.8, 4) is 5.75 Å². The second-order valence-electron chi connectivity index (χ2n) is 6.54. The number of nitrogens with one attached hydrogen (secondary N) is 1. The number of hydrogen-bond donors (Lipinski definition) is 2. The fourth-order valence-electron chi connectivity index (χ4n) is 2.51. The first-order chi connectivity index (χ1) is 10.3. The lowest BCUT2D eigenvalue weighted by molar-refractivity contribution is 0.0908. The van der Waals surface area contributed by atoms with Crippen LogP contribution in [-0.2, 0) is 0 Å². The van der Waals surface area contributed by atoms with Crippen molar-refractivity contribution in [3.63, 3.8) is 0 Å². The van der Waals surface area contributed by atoms with Gasteiger partial charge in [-0.1, -0.05) is 6.07 Å². The van der Waals surface area contributed by atoms with Gasteiger partial charge in [0.25, 0.3) is 5.91 Å². The number of benzene rings is 1. The molecule has 22 heavy (non-hydrogen) atoms. The number of carbonyl (C=O) groups excluding carboxylic acids is 1. The molecule has 0 atom stereocenters. The molecule has 0 spiro atoms. The van der Waals surface area contributed by atoms with Crippen molar-refractivity contribution in [2.75, 3.05) is 20.6 Å². The Bertz CT molecular complexity index is 659. The lowest BCUT2D eigenvalue weighted by Gasteiger charge is -2.26. The Morgan fingerprint density at radius 3 is 2.77 bits per heavy atom. The molecule has 0 unspecified atom stereocenters. The lowest BCUT2D eigenvalue weighted by Crippen LogP contribution is -2.43. The van der Waals surface area contributed by atoms with Crippen molar-refractivity contribution in [1.29, 1.82) is 0 Å². The zero-order valence-corrected chi connectivity index (χ0v) is 13.6. The summed E-state index contributed by atoms with van der Waals surface area (Å²) in [5.41, 5.74) is 0.561. The highest BCUT2D eigenvalue weighted by atomic mass is 16.3. The van der Waals surface area contributed by atoms with Gasteiger partial charge in [-0.3, -0.25) is 4.79 Å². The molecule has 2 aromatic rings. The Hall–Kier alpha value is -2.01. The van der Waals surface area contributed by atoms with Gasteiger partial charge in [0, 0.05) is 5.54 Å². The van der Waals surface area contributed by atoms with Gasteiger partial charge in [-0.15, -0.1) is 0 Å². The van der Waals surface area contributed by atoms with Crippen LogP contribution in [0, 0.1) is 0 Å². The number of furan rings is 1. The van der Waals surface area contributed by atoms with E-state index in [2.05, 4.69) is 10.2 Å². The van der Waals surface area contributed by atoms with Crippen LogP contribution in [0.5, 0.6) is 5.75 Å². The first kappa shape index (κ1) is 16.4. The van der Waals surface area contributed by atoms with Crippen LogP contribution in [0.1, 0.15) is 37.0 Å². The third-order valence-corrected chi connectivity index (χ3v) is 3.68. The highest BCUT2D eigenvalue weighted by Crippen LogP contribution is 2.29. The normalized spacial score (nSPS) is 12.0. The van der Waals surface area contributed by atoms with Gasteiger partial charge in [0.05, 0.1) is 10.9 Å². The molecular weight excluding hydrogens is 280 g/mol. The summed E-state index contributed by atoms with van der Waals surface area (Å²) >= 11 is 0. The summed E-state index contributed by atoms with van der Waals surface area (Å²) in [7, 11) is 4.07. The van der Waals surface area contributed by atoms with E-state index >= 15 is 0 Å². The van der Waals surface area contributed by atoms with Crippen LogP contribution in [0.3, 0.4) is 0 Å². The number of fused-ring (bicyclic) bond motifs is 1. The average molecular weight is 304 g/mol. The molecule has 1 aromatic heterocycles. The molecule has 1 amide bonds. The molecular formula is C17H24N2O3. The van der Waals surface area contributed by atoms with Gasteiger partial charge in [0.1, 0.15) is 17.6 Å². The van der Waals surface area contributed by atoms with E-state index in [0.717, 1.165) is 19.4 Å². The molecule has 120 valence electrons. The molecule has 0 bridgehead atoms. The predicted molar refractivity (Wildman–Crippen MR) is 87.2 cm³/mol. The minimum atomic E-state index is -0.318. The molecule has 0 saturated carbocycles. The first-order valence-corrected chi connectivity index (χ1v) is 7.46. The van der Waals surface area contributed by atoms with Gasteiger partial charge < -0.3 is 19.7 Å². The zero-order valence-electron chi connectivity index (χ0n) is 13.6. The third kappa shape index (κ3) is 3.80. The lowest BCUT2D eigenvalue weighted by atomic mass is 9.97. The molecule has 1 heterocycles. The number of rotatable bonds is 6. The smallest absolute Gasteiger partial charge is 0.255 e. The van der Waals surface area contributed by atoms with Crippen LogP contribution in [-0.4, -0.2) is 42.1 Å². The van der Waals surface area contributed by atoms with E-state index < -0.39 is 0 Å². The Morgan fingerprint density at radius 1 is 1.36 bits per heavy atom. The van der Waals surface area contributed by atoms with Crippen molar-refractivity contribution < 1.29 is 14.3 Å². The molecule has 5 nitrogen and oxygen atoms in total. The van der Waals surface area contributed by atoms with Crippen molar-refractivity contribution in [2.45, 2.75) is 32.2 Å². The molecule has 0 fully saturated rings. The van der Waals surface area contributed by atoms with E-state index in [1.165, 1.54) is 6.26 Å². The molecule has 0 aliphatic rings. The van der Waals surface area contributed by atoms with Crippen molar-refractivity contribution >= 4 is 16.9 Å². The second-order valence-corrected chi connectivity index (χ2v) is 6.54. The third-order valence-electron chi connectivity index (χ3n) is 3.68. The summed E-state index contributed by atoms with van der Waals surface area (Å²) in [6.45, 7) is 4.99. The van der Waals surface area contributed by atoms with Crippen molar-refractivity contribution in [1.82, 2.24) is 10.2 Å². The number of amides is 1. The summed E-state index contributed by atoms with van der Waals surface area (Å²) in [5.74, 6) is -0.170. The Labute approximate surface area is 130 Å². The summed E-state index contributed by atoms with van der Waals surface area (Å²) in [6.07, 6.45) is 3.27. The van der Waals surface area contributed by atoms with Crippen LogP contribution in [0.25, 0.3) is 11.0 Å². The maximum atomic E-state index is 12.5. The number of nitrogens with zero attached hydrogens (tertiary/aromatic N) is 1. The number of hydrogen-bond acceptors (Lipinski definition) is 4. The fraction of sp³-hybridized carbons (Fsp3) is 0.471. The minimum absolute atomic E-state index is 0.0572. The van der Waals surface area contributed by atoms with Gasteiger partial charge >= 0.3 is 0 Å².